The van der Waals surface area contributed by atoms with Gasteiger partial charge >= 0.3 is 11.9 Å². The Morgan fingerprint density at radius 1 is 0.761 bits per heavy atom. The Hall–Kier alpha value is -4.32. The molecule has 4 rings (SSSR count). The van der Waals surface area contributed by atoms with E-state index in [2.05, 4.69) is 6.92 Å². The highest BCUT2D eigenvalue weighted by Gasteiger charge is 2.67. The maximum absolute atomic E-state index is 16.1. The number of hydrogen-bond donors (Lipinski definition) is 2. The number of ketones is 1. The minimum atomic E-state index is -1.05. The van der Waals surface area contributed by atoms with Gasteiger partial charge in [-0.15, -0.1) is 0 Å². The second-order valence-electron chi connectivity index (χ2n) is 12.6. The molecule has 3 aromatic rings. The monoisotopic (exact) mass is 624 g/mol. The summed E-state index contributed by atoms with van der Waals surface area (Å²) in [4.78, 5) is 38.9. The molecule has 1 aliphatic carbocycles. The van der Waals surface area contributed by atoms with E-state index in [1.54, 1.807) is 54.6 Å². The predicted octanol–water partition coefficient (Wildman–Crippen LogP) is 9.52. The molecule has 0 radical (unpaired) electrons. The SMILES string of the molecule is CCCc1cc(C(=O)O)cc(CC)c1C1(CC)C(c2ccccc2F)=C(C(=O)CC(C)=C(C)C)[C@@]1(CC)c1ccc(C(=O)O)cc1. The van der Waals surface area contributed by atoms with Gasteiger partial charge in [0.25, 0.3) is 0 Å². The molecule has 242 valence electrons. The zero-order valence-corrected chi connectivity index (χ0v) is 28.0. The van der Waals surface area contributed by atoms with Crippen molar-refractivity contribution in [1.29, 1.82) is 0 Å². The number of hydrogen-bond acceptors (Lipinski definition) is 3. The van der Waals surface area contributed by atoms with E-state index in [9.17, 15) is 24.6 Å². The Balaban J connectivity index is 2.30. The van der Waals surface area contributed by atoms with Crippen molar-refractivity contribution < 1.29 is 29.0 Å². The average Bonchev–Trinajstić information content (AvgIpc) is 3.02. The fourth-order valence-electron chi connectivity index (χ4n) is 7.85. The number of carbonyl (C=O) groups excluding carboxylic acids is 1. The van der Waals surface area contributed by atoms with Crippen molar-refractivity contribution in [2.24, 2.45) is 0 Å². The molecule has 0 fully saturated rings. The maximum atomic E-state index is 16.1. The number of carboxylic acid groups (broad SMARTS) is 2. The molecule has 0 spiro atoms. The summed E-state index contributed by atoms with van der Waals surface area (Å²) in [6.07, 6.45) is 3.06. The number of rotatable bonds is 13. The molecule has 3 aromatic carbocycles. The topological polar surface area (TPSA) is 91.7 Å². The summed E-state index contributed by atoms with van der Waals surface area (Å²) in [6.45, 7) is 14.0. The maximum Gasteiger partial charge on any atom is 0.335 e. The van der Waals surface area contributed by atoms with Crippen molar-refractivity contribution in [1.82, 2.24) is 0 Å². The molecule has 0 aliphatic heterocycles. The van der Waals surface area contributed by atoms with Gasteiger partial charge in [-0.2, -0.15) is 0 Å². The molecule has 0 saturated heterocycles. The molecule has 2 atom stereocenters. The molecule has 1 unspecified atom stereocenters. The van der Waals surface area contributed by atoms with Crippen LogP contribution >= 0.6 is 0 Å². The number of halogens is 1. The smallest absolute Gasteiger partial charge is 0.335 e. The van der Waals surface area contributed by atoms with Crippen molar-refractivity contribution in [2.75, 3.05) is 0 Å². The molecular weight excluding hydrogens is 579 g/mol. The van der Waals surface area contributed by atoms with Crippen LogP contribution < -0.4 is 0 Å². The lowest BCUT2D eigenvalue weighted by Gasteiger charge is -2.63. The summed E-state index contributed by atoms with van der Waals surface area (Å²) in [5.74, 6) is -2.58. The minimum absolute atomic E-state index is 0.0950. The van der Waals surface area contributed by atoms with Crippen LogP contribution in [0.4, 0.5) is 4.39 Å². The normalized spacial score (nSPS) is 19.0. The Morgan fingerprint density at radius 3 is 1.85 bits per heavy atom. The Kier molecular flexibility index (Phi) is 10.2. The number of allylic oxidation sites excluding steroid dienone is 4. The van der Waals surface area contributed by atoms with Crippen LogP contribution in [-0.4, -0.2) is 27.9 Å². The highest BCUT2D eigenvalue weighted by Crippen LogP contribution is 2.70. The van der Waals surface area contributed by atoms with E-state index in [4.69, 9.17) is 0 Å². The fraction of sp³-hybridized carbons (Fsp3) is 0.375. The van der Waals surface area contributed by atoms with Gasteiger partial charge in [-0.3, -0.25) is 4.79 Å². The lowest BCUT2D eigenvalue weighted by atomic mass is 9.38. The molecule has 5 nitrogen and oxygen atoms in total. The number of carboxylic acids is 2. The molecule has 46 heavy (non-hydrogen) atoms. The first-order valence-electron chi connectivity index (χ1n) is 16.3. The number of aryl methyl sites for hydroxylation is 2. The zero-order chi connectivity index (χ0) is 34.0. The van der Waals surface area contributed by atoms with Gasteiger partial charge in [0.1, 0.15) is 5.82 Å². The summed E-state index contributed by atoms with van der Waals surface area (Å²) >= 11 is 0. The molecule has 0 aromatic heterocycles. The van der Waals surface area contributed by atoms with Gasteiger partial charge in [-0.05, 0) is 105 Å². The molecule has 0 amide bonds. The van der Waals surface area contributed by atoms with Crippen molar-refractivity contribution >= 4 is 23.3 Å². The van der Waals surface area contributed by atoms with Crippen LogP contribution in [0.1, 0.15) is 123 Å². The van der Waals surface area contributed by atoms with E-state index in [-0.39, 0.29) is 23.3 Å². The molecule has 0 bridgehead atoms. The predicted molar refractivity (Wildman–Crippen MR) is 181 cm³/mol. The highest BCUT2D eigenvalue weighted by atomic mass is 19.1. The highest BCUT2D eigenvalue weighted by molar-refractivity contribution is 6.14. The van der Waals surface area contributed by atoms with E-state index in [1.807, 2.05) is 41.5 Å². The van der Waals surface area contributed by atoms with Gasteiger partial charge in [-0.1, -0.05) is 75.6 Å². The van der Waals surface area contributed by atoms with Gasteiger partial charge < -0.3 is 10.2 Å². The summed E-state index contributed by atoms with van der Waals surface area (Å²) < 4.78 is 16.1. The summed E-state index contributed by atoms with van der Waals surface area (Å²) in [6, 6.07) is 16.8. The van der Waals surface area contributed by atoms with Gasteiger partial charge in [0.2, 0.25) is 0 Å². The Morgan fingerprint density at radius 2 is 1.35 bits per heavy atom. The van der Waals surface area contributed by atoms with Crippen LogP contribution in [0.5, 0.6) is 0 Å². The molecule has 6 heteroatoms. The largest absolute Gasteiger partial charge is 0.478 e. The first-order chi connectivity index (χ1) is 21.9. The zero-order valence-electron chi connectivity index (χ0n) is 28.0. The van der Waals surface area contributed by atoms with Crippen molar-refractivity contribution in [3.8, 4) is 0 Å². The number of Topliss-reactive ketones (excluding diaryl/α,β-unsaturated/α-hetero) is 1. The third-order valence-electron chi connectivity index (χ3n) is 10.1. The van der Waals surface area contributed by atoms with Crippen LogP contribution in [0.15, 0.2) is 77.4 Å². The van der Waals surface area contributed by atoms with Gasteiger partial charge in [0.05, 0.1) is 11.1 Å². The first kappa shape index (κ1) is 34.6. The number of aromatic carboxylic acids is 2. The Labute approximate surface area is 271 Å². The van der Waals surface area contributed by atoms with Crippen molar-refractivity contribution in [3.05, 3.63) is 122 Å². The summed E-state index contributed by atoms with van der Waals surface area (Å²) in [7, 11) is 0. The molecular formula is C40H45FO5. The lowest BCUT2D eigenvalue weighted by Crippen LogP contribution is -2.61. The van der Waals surface area contributed by atoms with Crippen molar-refractivity contribution in [3.63, 3.8) is 0 Å². The summed E-state index contributed by atoms with van der Waals surface area (Å²) in [5.41, 5.74) is 5.44. The third kappa shape index (κ3) is 5.42. The molecule has 2 N–H and O–H groups in total. The van der Waals surface area contributed by atoms with E-state index in [0.29, 0.717) is 42.4 Å². The fourth-order valence-corrected chi connectivity index (χ4v) is 7.85. The van der Waals surface area contributed by atoms with E-state index < -0.39 is 28.6 Å². The van der Waals surface area contributed by atoms with E-state index >= 15 is 4.39 Å². The van der Waals surface area contributed by atoms with Gasteiger partial charge in [0, 0.05) is 28.4 Å². The quantitative estimate of drug-likeness (QED) is 0.185. The minimum Gasteiger partial charge on any atom is -0.478 e. The molecule has 0 heterocycles. The lowest BCUT2D eigenvalue weighted by molar-refractivity contribution is -0.116. The Bertz CT molecular complexity index is 1740. The molecule has 1 aliphatic rings. The van der Waals surface area contributed by atoms with Crippen LogP contribution in [0.25, 0.3) is 5.57 Å². The molecule has 0 saturated carbocycles. The third-order valence-corrected chi connectivity index (χ3v) is 10.1. The van der Waals surface area contributed by atoms with Crippen LogP contribution in [0, 0.1) is 5.82 Å². The first-order valence-corrected chi connectivity index (χ1v) is 16.3. The standard InChI is InChI=1S/C40H45FO5/c1-8-14-28-23-29(38(45)46)22-26(9-2)34(28)40(11-4)35(31-15-12-13-16-32(31)41)36(33(42)21-25(7)24(5)6)39(40,10-3)30-19-17-27(18-20-30)37(43)44/h12-13,15-20,22-23H,8-11,14,21H2,1-7H3,(H,43,44)(H,45,46)/t39-,40?/m1/s1. The van der Waals surface area contributed by atoms with Crippen LogP contribution in [0.3, 0.4) is 0 Å². The van der Waals surface area contributed by atoms with Gasteiger partial charge in [0.15, 0.2) is 5.78 Å². The second kappa shape index (κ2) is 13.6. The van der Waals surface area contributed by atoms with Crippen LogP contribution in [0.2, 0.25) is 0 Å². The van der Waals surface area contributed by atoms with Crippen molar-refractivity contribution in [2.45, 2.75) is 97.8 Å². The average molecular weight is 625 g/mol. The van der Waals surface area contributed by atoms with Gasteiger partial charge in [-0.25, -0.2) is 14.0 Å². The summed E-state index contributed by atoms with van der Waals surface area (Å²) in [5, 5.41) is 19.8. The van der Waals surface area contributed by atoms with Crippen LogP contribution in [-0.2, 0) is 28.5 Å². The van der Waals surface area contributed by atoms with E-state index in [0.717, 1.165) is 39.8 Å². The number of carbonyl (C=O) groups is 3. The second-order valence-corrected chi connectivity index (χ2v) is 12.6. The van der Waals surface area contributed by atoms with E-state index in [1.165, 1.54) is 6.07 Å². The number of benzene rings is 3.